The molecular formula is C22H23ClN2O5. The topological polar surface area (TPSA) is 80.9 Å². The summed E-state index contributed by atoms with van der Waals surface area (Å²) >= 11 is 5.59. The van der Waals surface area contributed by atoms with Crippen molar-refractivity contribution in [3.05, 3.63) is 59.8 Å². The number of ether oxygens (including phenoxy) is 3. The summed E-state index contributed by atoms with van der Waals surface area (Å²) in [6.07, 6.45) is 0.905. The van der Waals surface area contributed by atoms with Crippen molar-refractivity contribution in [3.8, 4) is 11.5 Å². The number of benzene rings is 2. The monoisotopic (exact) mass is 430 g/mol. The third kappa shape index (κ3) is 5.04. The van der Waals surface area contributed by atoms with Crippen molar-refractivity contribution in [2.24, 2.45) is 0 Å². The Morgan fingerprint density at radius 2 is 1.80 bits per heavy atom. The lowest BCUT2D eigenvalue weighted by atomic mass is 10.0. The fourth-order valence-electron chi connectivity index (χ4n) is 3.34. The van der Waals surface area contributed by atoms with E-state index < -0.39 is 0 Å². The molecule has 158 valence electrons. The average Bonchev–Trinajstić information content (AvgIpc) is 3.43. The second-order valence-electron chi connectivity index (χ2n) is 6.51. The van der Waals surface area contributed by atoms with E-state index in [-0.39, 0.29) is 11.8 Å². The number of H-pyrrole nitrogens is 1. The Bertz CT molecular complexity index is 981. The predicted octanol–water partition coefficient (Wildman–Crippen LogP) is 3.50. The number of rotatable bonds is 2. The number of amides is 1. The predicted molar refractivity (Wildman–Crippen MR) is 114 cm³/mol. The summed E-state index contributed by atoms with van der Waals surface area (Å²) in [4.78, 5) is 25.7. The number of carbonyl (C=O) groups is 2. The highest BCUT2D eigenvalue weighted by atomic mass is 35.5. The molecule has 0 fully saturated rings. The maximum atomic E-state index is 11.6. The van der Waals surface area contributed by atoms with Crippen LogP contribution >= 0.6 is 11.6 Å². The van der Waals surface area contributed by atoms with Crippen LogP contribution in [-0.4, -0.2) is 48.6 Å². The van der Waals surface area contributed by atoms with E-state index in [1.54, 1.807) is 0 Å². The summed E-state index contributed by atoms with van der Waals surface area (Å²) in [5.41, 5.74) is 3.65. The third-order valence-corrected chi connectivity index (χ3v) is 4.95. The van der Waals surface area contributed by atoms with Crippen LogP contribution in [0, 0.1) is 0 Å². The van der Waals surface area contributed by atoms with E-state index in [1.807, 2.05) is 41.3 Å². The molecule has 2 aliphatic heterocycles. The molecule has 30 heavy (non-hydrogen) atoms. The highest BCUT2D eigenvalue weighted by Crippen LogP contribution is 2.30. The number of fused-ring (bicyclic) bond motifs is 4. The number of halogens is 1. The summed E-state index contributed by atoms with van der Waals surface area (Å²) in [7, 11) is 1.31. The highest BCUT2D eigenvalue weighted by Gasteiger charge is 2.22. The number of nitrogens with one attached hydrogen (secondary N) is 1. The summed E-state index contributed by atoms with van der Waals surface area (Å²) in [5, 5.41) is 1.28. The SMILES string of the molecule is COC=O.O=C(CCl)N1CCc2c([nH]c3ccccc23)C1.c1ccc2c(c1)OCO2. The van der Waals surface area contributed by atoms with Crippen molar-refractivity contribution in [2.75, 3.05) is 26.3 Å². The number of para-hydroxylation sites is 3. The number of aromatic amines is 1. The minimum Gasteiger partial charge on any atom is -0.471 e. The minimum absolute atomic E-state index is 0.0102. The fraction of sp³-hybridized carbons (Fsp3) is 0.273. The van der Waals surface area contributed by atoms with Gasteiger partial charge in [0.15, 0.2) is 11.5 Å². The molecule has 0 atom stereocenters. The van der Waals surface area contributed by atoms with Crippen LogP contribution in [0.3, 0.4) is 0 Å². The first-order valence-electron chi connectivity index (χ1n) is 9.41. The van der Waals surface area contributed by atoms with Gasteiger partial charge in [0.05, 0.1) is 13.7 Å². The van der Waals surface area contributed by atoms with Gasteiger partial charge in [0.2, 0.25) is 12.7 Å². The molecule has 3 heterocycles. The van der Waals surface area contributed by atoms with Gasteiger partial charge in [0, 0.05) is 23.1 Å². The molecule has 7 nitrogen and oxygen atoms in total. The van der Waals surface area contributed by atoms with Crippen LogP contribution in [0.1, 0.15) is 11.3 Å². The molecule has 5 rings (SSSR count). The van der Waals surface area contributed by atoms with Gasteiger partial charge < -0.3 is 24.1 Å². The molecule has 3 aromatic rings. The van der Waals surface area contributed by atoms with Gasteiger partial charge in [0.1, 0.15) is 5.88 Å². The molecule has 1 N–H and O–H groups in total. The Labute approximate surface area is 179 Å². The summed E-state index contributed by atoms with van der Waals surface area (Å²) in [6.45, 7) is 2.15. The van der Waals surface area contributed by atoms with E-state index in [0.717, 1.165) is 35.7 Å². The number of hydrogen-bond donors (Lipinski definition) is 1. The van der Waals surface area contributed by atoms with Crippen LogP contribution in [-0.2, 0) is 27.3 Å². The van der Waals surface area contributed by atoms with Gasteiger partial charge in [-0.1, -0.05) is 30.3 Å². The van der Waals surface area contributed by atoms with Crippen molar-refractivity contribution >= 4 is 34.9 Å². The van der Waals surface area contributed by atoms with Gasteiger partial charge in [-0.05, 0) is 30.2 Å². The zero-order valence-electron chi connectivity index (χ0n) is 16.6. The number of alkyl halides is 1. The minimum atomic E-state index is 0.0102. The largest absolute Gasteiger partial charge is 0.471 e. The molecule has 0 saturated carbocycles. The molecule has 8 heteroatoms. The summed E-state index contributed by atoms with van der Waals surface area (Å²) < 4.78 is 14.0. The Morgan fingerprint density at radius 3 is 2.43 bits per heavy atom. The molecule has 0 bridgehead atoms. The standard InChI is InChI=1S/C13H13ClN2O.C7H6O2.C2H4O2/c14-7-13(17)16-6-5-10-9-3-1-2-4-11(9)15-12(10)8-16;1-2-4-7-6(3-1)8-5-9-7;1-4-2-3/h1-4,15H,5-8H2;1-4H,5H2;2H,1H3. The maximum absolute atomic E-state index is 11.6. The van der Waals surface area contributed by atoms with Crippen molar-refractivity contribution in [3.63, 3.8) is 0 Å². The number of methoxy groups -OCH3 is 1. The summed E-state index contributed by atoms with van der Waals surface area (Å²) in [6, 6.07) is 15.9. The van der Waals surface area contributed by atoms with Gasteiger partial charge in [-0.25, -0.2) is 0 Å². The van der Waals surface area contributed by atoms with Gasteiger partial charge in [0.25, 0.3) is 6.47 Å². The van der Waals surface area contributed by atoms with Gasteiger partial charge in [-0.15, -0.1) is 11.6 Å². The van der Waals surface area contributed by atoms with E-state index in [9.17, 15) is 4.79 Å². The number of hydrogen-bond acceptors (Lipinski definition) is 5. The van der Waals surface area contributed by atoms with Crippen LogP contribution in [0.15, 0.2) is 48.5 Å². The van der Waals surface area contributed by atoms with Gasteiger partial charge in [-0.2, -0.15) is 0 Å². The smallest absolute Gasteiger partial charge is 0.292 e. The van der Waals surface area contributed by atoms with Crippen LogP contribution < -0.4 is 9.47 Å². The zero-order valence-corrected chi connectivity index (χ0v) is 17.4. The molecule has 2 aromatic carbocycles. The lowest BCUT2D eigenvalue weighted by Crippen LogP contribution is -2.36. The normalized spacial score (nSPS) is 13.3. The quantitative estimate of drug-likeness (QED) is 0.497. The molecule has 1 aromatic heterocycles. The first-order valence-corrected chi connectivity index (χ1v) is 9.94. The van der Waals surface area contributed by atoms with Crippen molar-refractivity contribution in [1.82, 2.24) is 9.88 Å². The zero-order chi connectivity index (χ0) is 21.3. The number of carbonyl (C=O) groups excluding carboxylic acids is 2. The van der Waals surface area contributed by atoms with E-state index in [0.29, 0.717) is 19.8 Å². The van der Waals surface area contributed by atoms with Crippen molar-refractivity contribution in [2.45, 2.75) is 13.0 Å². The average molecular weight is 431 g/mol. The highest BCUT2D eigenvalue weighted by molar-refractivity contribution is 6.27. The van der Waals surface area contributed by atoms with Crippen LogP contribution in [0.5, 0.6) is 11.5 Å². The molecule has 0 saturated heterocycles. The van der Waals surface area contributed by atoms with E-state index >= 15 is 0 Å². The third-order valence-electron chi connectivity index (χ3n) is 4.72. The van der Waals surface area contributed by atoms with Crippen molar-refractivity contribution in [1.29, 1.82) is 0 Å². The van der Waals surface area contributed by atoms with Gasteiger partial charge >= 0.3 is 0 Å². The maximum Gasteiger partial charge on any atom is 0.292 e. The number of aromatic nitrogens is 1. The van der Waals surface area contributed by atoms with Crippen LogP contribution in [0.2, 0.25) is 0 Å². The van der Waals surface area contributed by atoms with Crippen LogP contribution in [0.25, 0.3) is 10.9 Å². The molecule has 2 aliphatic rings. The lowest BCUT2D eigenvalue weighted by Gasteiger charge is -2.26. The molecule has 0 spiro atoms. The first-order chi connectivity index (χ1) is 14.7. The molecular weight excluding hydrogens is 408 g/mol. The Balaban J connectivity index is 0.000000164. The summed E-state index contributed by atoms with van der Waals surface area (Å²) in [5.74, 6) is 1.77. The second kappa shape index (κ2) is 10.5. The fourth-order valence-corrected chi connectivity index (χ4v) is 3.50. The van der Waals surface area contributed by atoms with E-state index in [1.165, 1.54) is 18.1 Å². The van der Waals surface area contributed by atoms with Crippen LogP contribution in [0.4, 0.5) is 0 Å². The molecule has 1 amide bonds. The first kappa shape index (κ1) is 21.5. The molecule has 0 aliphatic carbocycles. The van der Waals surface area contributed by atoms with Gasteiger partial charge in [-0.3, -0.25) is 9.59 Å². The molecule has 0 unspecified atom stereocenters. The van der Waals surface area contributed by atoms with E-state index in [4.69, 9.17) is 25.9 Å². The van der Waals surface area contributed by atoms with E-state index in [2.05, 4.69) is 21.9 Å². The molecule has 0 radical (unpaired) electrons. The number of nitrogens with zero attached hydrogens (tertiary/aromatic N) is 1. The lowest BCUT2D eigenvalue weighted by molar-refractivity contribution is -0.129. The van der Waals surface area contributed by atoms with Crippen molar-refractivity contribution < 1.29 is 23.8 Å². The second-order valence-corrected chi connectivity index (χ2v) is 6.78. The Morgan fingerprint density at radius 1 is 1.17 bits per heavy atom. The Kier molecular flexibility index (Phi) is 7.57. The Hall–Kier alpha value is -3.19.